The Morgan fingerprint density at radius 3 is 2.00 bits per heavy atom. The van der Waals surface area contributed by atoms with E-state index in [4.69, 9.17) is 16.6 Å². The van der Waals surface area contributed by atoms with E-state index < -0.39 is 0 Å². The summed E-state index contributed by atoms with van der Waals surface area (Å²) in [7, 11) is 0. The van der Waals surface area contributed by atoms with Crippen LogP contribution in [-0.2, 0) is 12.8 Å². The van der Waals surface area contributed by atoms with E-state index in [1.165, 1.54) is 84.2 Å². The van der Waals surface area contributed by atoms with Crippen molar-refractivity contribution in [2.24, 2.45) is 0 Å². The number of fused-ring (bicyclic) bond motifs is 5. The van der Waals surface area contributed by atoms with Crippen LogP contribution in [0.25, 0.3) is 32.9 Å². The molecular formula is C29H30ClN. The highest BCUT2D eigenvalue weighted by Gasteiger charge is 2.18. The molecule has 0 radical (unpaired) electrons. The Morgan fingerprint density at radius 2 is 1.26 bits per heavy atom. The van der Waals surface area contributed by atoms with Crippen LogP contribution in [0.1, 0.15) is 62.5 Å². The molecule has 1 aliphatic rings. The van der Waals surface area contributed by atoms with Gasteiger partial charge in [-0.25, -0.2) is 4.98 Å². The topological polar surface area (TPSA) is 12.9 Å². The number of aromatic nitrogens is 1. The Bertz CT molecular complexity index is 1190. The van der Waals surface area contributed by atoms with Crippen molar-refractivity contribution < 1.29 is 0 Å². The van der Waals surface area contributed by atoms with Gasteiger partial charge in [0.25, 0.3) is 0 Å². The molecule has 2 heteroatoms. The van der Waals surface area contributed by atoms with Gasteiger partial charge in [-0.3, -0.25) is 0 Å². The molecule has 0 N–H and O–H groups in total. The smallest absolute Gasteiger partial charge is 0.0744 e. The molecule has 5 rings (SSSR count). The van der Waals surface area contributed by atoms with Crippen molar-refractivity contribution in [1.82, 2.24) is 4.98 Å². The molecular weight excluding hydrogens is 398 g/mol. The van der Waals surface area contributed by atoms with Crippen molar-refractivity contribution in [2.75, 3.05) is 0 Å². The number of rotatable bonds is 1. The van der Waals surface area contributed by atoms with Gasteiger partial charge < -0.3 is 0 Å². The molecule has 0 fully saturated rings. The molecule has 0 bridgehead atoms. The minimum Gasteiger partial charge on any atom is -0.247 e. The zero-order valence-corrected chi connectivity index (χ0v) is 18.9. The number of hydrogen-bond acceptors (Lipinski definition) is 1. The SMILES string of the molecule is Clc1ccc(-c2nc3ccc4ccccc4c3c3c2CCCCCCCCCC3)cc1. The van der Waals surface area contributed by atoms with Gasteiger partial charge in [-0.05, 0) is 65.8 Å². The molecule has 0 amide bonds. The molecule has 4 aromatic rings. The van der Waals surface area contributed by atoms with Gasteiger partial charge in [0.2, 0.25) is 0 Å². The lowest BCUT2D eigenvalue weighted by Gasteiger charge is -2.20. The Labute approximate surface area is 190 Å². The molecule has 0 saturated carbocycles. The normalized spacial score (nSPS) is 15.9. The van der Waals surface area contributed by atoms with E-state index in [1.807, 2.05) is 12.1 Å². The van der Waals surface area contributed by atoms with Crippen LogP contribution in [0.4, 0.5) is 0 Å². The Balaban J connectivity index is 1.77. The summed E-state index contributed by atoms with van der Waals surface area (Å²) in [4.78, 5) is 5.26. The Hall–Kier alpha value is -2.38. The van der Waals surface area contributed by atoms with Crippen LogP contribution in [0, 0.1) is 0 Å². The van der Waals surface area contributed by atoms with Crippen molar-refractivity contribution >= 4 is 33.3 Å². The average molecular weight is 428 g/mol. The highest BCUT2D eigenvalue weighted by molar-refractivity contribution is 6.30. The largest absolute Gasteiger partial charge is 0.247 e. The molecule has 3 aromatic carbocycles. The van der Waals surface area contributed by atoms with E-state index in [1.54, 1.807) is 0 Å². The van der Waals surface area contributed by atoms with Gasteiger partial charge in [0.1, 0.15) is 0 Å². The van der Waals surface area contributed by atoms with Crippen LogP contribution >= 0.6 is 11.6 Å². The molecule has 0 unspecified atom stereocenters. The molecule has 1 heterocycles. The van der Waals surface area contributed by atoms with Gasteiger partial charge in [-0.1, -0.05) is 92.6 Å². The molecule has 1 nitrogen and oxygen atoms in total. The van der Waals surface area contributed by atoms with Crippen LogP contribution < -0.4 is 0 Å². The van der Waals surface area contributed by atoms with Gasteiger partial charge in [-0.15, -0.1) is 0 Å². The predicted octanol–water partition coefficient (Wildman–Crippen LogP) is 8.93. The van der Waals surface area contributed by atoms with E-state index >= 15 is 0 Å². The maximum Gasteiger partial charge on any atom is 0.0744 e. The van der Waals surface area contributed by atoms with E-state index in [-0.39, 0.29) is 0 Å². The van der Waals surface area contributed by atoms with E-state index in [2.05, 4.69) is 48.5 Å². The third kappa shape index (κ3) is 4.34. The first-order valence-electron chi connectivity index (χ1n) is 11.9. The van der Waals surface area contributed by atoms with Gasteiger partial charge in [0.05, 0.1) is 11.2 Å². The highest BCUT2D eigenvalue weighted by atomic mass is 35.5. The van der Waals surface area contributed by atoms with Gasteiger partial charge in [0.15, 0.2) is 0 Å². The number of pyridine rings is 1. The molecule has 31 heavy (non-hydrogen) atoms. The van der Waals surface area contributed by atoms with Crippen molar-refractivity contribution in [3.05, 3.63) is 76.8 Å². The summed E-state index contributed by atoms with van der Waals surface area (Å²) in [5.74, 6) is 0. The number of hydrogen-bond donors (Lipinski definition) is 0. The van der Waals surface area contributed by atoms with Gasteiger partial charge in [0, 0.05) is 16.0 Å². The van der Waals surface area contributed by atoms with E-state index in [0.29, 0.717) is 0 Å². The van der Waals surface area contributed by atoms with Crippen molar-refractivity contribution in [1.29, 1.82) is 0 Å². The van der Waals surface area contributed by atoms with Gasteiger partial charge >= 0.3 is 0 Å². The highest BCUT2D eigenvalue weighted by Crippen LogP contribution is 2.37. The number of nitrogens with zero attached hydrogens (tertiary/aromatic N) is 1. The lowest BCUT2D eigenvalue weighted by molar-refractivity contribution is 0.560. The van der Waals surface area contributed by atoms with Crippen molar-refractivity contribution in [3.8, 4) is 11.3 Å². The van der Waals surface area contributed by atoms with Crippen molar-refractivity contribution in [3.63, 3.8) is 0 Å². The molecule has 0 aliphatic heterocycles. The van der Waals surface area contributed by atoms with Crippen LogP contribution in [0.15, 0.2) is 60.7 Å². The van der Waals surface area contributed by atoms with Crippen LogP contribution in [0.3, 0.4) is 0 Å². The summed E-state index contributed by atoms with van der Waals surface area (Å²) in [6, 6.07) is 21.5. The zero-order valence-electron chi connectivity index (χ0n) is 18.2. The van der Waals surface area contributed by atoms with Crippen LogP contribution in [0.5, 0.6) is 0 Å². The monoisotopic (exact) mass is 427 g/mol. The summed E-state index contributed by atoms with van der Waals surface area (Å²) >= 11 is 6.20. The first-order valence-corrected chi connectivity index (χ1v) is 12.3. The Kier molecular flexibility index (Phi) is 6.22. The second-order valence-corrected chi connectivity index (χ2v) is 9.37. The first-order chi connectivity index (χ1) is 15.3. The fraction of sp³-hybridized carbons (Fsp3) is 0.345. The maximum absolute atomic E-state index is 6.20. The molecule has 158 valence electrons. The maximum atomic E-state index is 6.20. The number of halogens is 1. The summed E-state index contributed by atoms with van der Waals surface area (Å²) in [5, 5.41) is 4.81. The minimum absolute atomic E-state index is 0.777. The van der Waals surface area contributed by atoms with Crippen molar-refractivity contribution in [2.45, 2.75) is 64.2 Å². The van der Waals surface area contributed by atoms with Gasteiger partial charge in [-0.2, -0.15) is 0 Å². The molecule has 1 aromatic heterocycles. The zero-order chi connectivity index (χ0) is 21.0. The molecule has 1 aliphatic carbocycles. The Morgan fingerprint density at radius 1 is 0.613 bits per heavy atom. The lowest BCUT2D eigenvalue weighted by atomic mass is 9.87. The summed E-state index contributed by atoms with van der Waals surface area (Å²) < 4.78 is 0. The molecule has 0 atom stereocenters. The lowest BCUT2D eigenvalue weighted by Crippen LogP contribution is -2.04. The molecule has 0 spiro atoms. The van der Waals surface area contributed by atoms with E-state index in [9.17, 15) is 0 Å². The first kappa shape index (κ1) is 20.5. The second-order valence-electron chi connectivity index (χ2n) is 8.93. The van der Waals surface area contributed by atoms with E-state index in [0.717, 1.165) is 29.1 Å². The predicted molar refractivity (Wildman–Crippen MR) is 134 cm³/mol. The number of benzene rings is 3. The van der Waals surface area contributed by atoms with Crippen LogP contribution in [-0.4, -0.2) is 4.98 Å². The number of aryl methyl sites for hydroxylation is 1. The second kappa shape index (κ2) is 9.40. The minimum atomic E-state index is 0.777. The fourth-order valence-electron chi connectivity index (χ4n) is 5.21. The summed E-state index contributed by atoms with van der Waals surface area (Å²) in [5.41, 5.74) is 6.46. The third-order valence-corrected chi connectivity index (χ3v) is 7.06. The van der Waals surface area contributed by atoms with Crippen LogP contribution in [0.2, 0.25) is 5.02 Å². The standard InChI is InChI=1S/C29H30ClN/c30-23-18-15-22(16-19-23)29-26-14-8-6-4-2-1-3-5-7-13-25(26)28-24-12-10-9-11-21(24)17-20-27(28)31-29/h9-12,15-20H,1-8,13-14H2. The fourth-order valence-corrected chi connectivity index (χ4v) is 5.33. The molecule has 0 saturated heterocycles. The third-order valence-electron chi connectivity index (χ3n) is 6.81. The quantitative estimate of drug-likeness (QED) is 0.276. The summed E-state index contributed by atoms with van der Waals surface area (Å²) in [6.45, 7) is 0. The average Bonchev–Trinajstić information content (AvgIpc) is 2.79. The summed E-state index contributed by atoms with van der Waals surface area (Å²) in [6.07, 6.45) is 12.9.